The van der Waals surface area contributed by atoms with Crippen LogP contribution in [0.2, 0.25) is 0 Å². The van der Waals surface area contributed by atoms with Crippen molar-refractivity contribution >= 4 is 11.8 Å². The third kappa shape index (κ3) is 4.64. The minimum atomic E-state index is -0.131. The van der Waals surface area contributed by atoms with Crippen LogP contribution >= 0.6 is 0 Å². The van der Waals surface area contributed by atoms with Gasteiger partial charge in [-0.1, -0.05) is 31.0 Å². The molecule has 0 spiro atoms. The van der Waals surface area contributed by atoms with Crippen molar-refractivity contribution in [2.45, 2.75) is 51.1 Å². The van der Waals surface area contributed by atoms with E-state index in [1.807, 2.05) is 24.3 Å². The van der Waals surface area contributed by atoms with E-state index < -0.39 is 0 Å². The van der Waals surface area contributed by atoms with E-state index in [-0.39, 0.29) is 11.8 Å². The molecule has 2 amide bonds. The second kappa shape index (κ2) is 9.34. The second-order valence-corrected chi connectivity index (χ2v) is 8.80. The van der Waals surface area contributed by atoms with Crippen molar-refractivity contribution in [2.24, 2.45) is 5.92 Å². The Kier molecular flexibility index (Phi) is 6.36. The van der Waals surface area contributed by atoms with Crippen LogP contribution in [-0.4, -0.2) is 41.2 Å². The Hall–Kier alpha value is -3.13. The zero-order chi connectivity index (χ0) is 21.8. The highest BCUT2D eigenvalue weighted by molar-refractivity contribution is 5.95. The van der Waals surface area contributed by atoms with Crippen molar-refractivity contribution in [3.8, 4) is 6.07 Å². The number of carbonyl (C=O) groups is 2. The Bertz CT molecular complexity index is 990. The molecule has 2 atom stereocenters. The van der Waals surface area contributed by atoms with Crippen LogP contribution in [0.1, 0.15) is 70.4 Å². The highest BCUT2D eigenvalue weighted by atomic mass is 16.2. The van der Waals surface area contributed by atoms with E-state index in [9.17, 15) is 9.59 Å². The number of hydrogen-bond acceptors (Lipinski definition) is 3. The Labute approximate surface area is 184 Å². The molecule has 0 N–H and O–H groups in total. The van der Waals surface area contributed by atoms with Crippen LogP contribution in [0.5, 0.6) is 0 Å². The first-order valence-corrected chi connectivity index (χ1v) is 11.2. The van der Waals surface area contributed by atoms with Gasteiger partial charge in [-0.15, -0.1) is 0 Å². The van der Waals surface area contributed by atoms with E-state index in [4.69, 9.17) is 5.26 Å². The molecule has 0 aromatic heterocycles. The molecule has 2 aliphatic rings. The predicted octanol–water partition coefficient (Wildman–Crippen LogP) is 4.63. The average molecular weight is 416 g/mol. The standard InChI is InChI=1S/C26H29N3O2/c1-28(25(30)23-8-4-6-20(16-23)17-27)18-19-11-13-22(14-12-19)26(31)29-15-5-9-21-7-2-3-10-24(21)29/h4,6,8,11-14,16,21,24H,2-3,5,7,9-10,15,18H2,1H3. The fourth-order valence-electron chi connectivity index (χ4n) is 5.08. The van der Waals surface area contributed by atoms with Gasteiger partial charge in [-0.3, -0.25) is 9.59 Å². The Morgan fingerprint density at radius 1 is 1.03 bits per heavy atom. The summed E-state index contributed by atoms with van der Waals surface area (Å²) in [6.45, 7) is 1.30. The topological polar surface area (TPSA) is 64.4 Å². The number of piperidine rings is 1. The molecule has 5 heteroatoms. The molecule has 0 radical (unpaired) electrons. The maximum atomic E-state index is 13.2. The fraction of sp³-hybridized carbons (Fsp3) is 0.423. The molecule has 2 aromatic rings. The first-order valence-electron chi connectivity index (χ1n) is 11.2. The second-order valence-electron chi connectivity index (χ2n) is 8.80. The van der Waals surface area contributed by atoms with Crippen molar-refractivity contribution in [2.75, 3.05) is 13.6 Å². The van der Waals surface area contributed by atoms with E-state index in [0.717, 1.165) is 30.5 Å². The number of hydrogen-bond donors (Lipinski definition) is 0. The summed E-state index contributed by atoms with van der Waals surface area (Å²) in [5.41, 5.74) is 2.67. The van der Waals surface area contributed by atoms with Gasteiger partial charge in [0.15, 0.2) is 0 Å². The number of rotatable bonds is 4. The van der Waals surface area contributed by atoms with E-state index in [1.165, 1.54) is 25.7 Å². The molecule has 1 aliphatic carbocycles. The number of nitrogens with zero attached hydrogens (tertiary/aromatic N) is 3. The molecule has 5 nitrogen and oxygen atoms in total. The summed E-state index contributed by atoms with van der Waals surface area (Å²) in [5.74, 6) is 0.680. The van der Waals surface area contributed by atoms with Crippen LogP contribution in [0.3, 0.4) is 0 Å². The summed E-state index contributed by atoms with van der Waals surface area (Å²) in [4.78, 5) is 29.6. The van der Waals surface area contributed by atoms with Gasteiger partial charge in [0, 0.05) is 37.3 Å². The number of amides is 2. The summed E-state index contributed by atoms with van der Waals surface area (Å²) < 4.78 is 0. The van der Waals surface area contributed by atoms with Crippen LogP contribution in [0.15, 0.2) is 48.5 Å². The fourth-order valence-corrected chi connectivity index (χ4v) is 5.08. The lowest BCUT2D eigenvalue weighted by Crippen LogP contribution is -2.49. The molecule has 2 fully saturated rings. The molecule has 1 heterocycles. The van der Waals surface area contributed by atoms with Crippen LogP contribution in [0.4, 0.5) is 0 Å². The first-order chi connectivity index (χ1) is 15.1. The van der Waals surface area contributed by atoms with Gasteiger partial charge in [-0.2, -0.15) is 5.26 Å². The van der Waals surface area contributed by atoms with Gasteiger partial charge in [-0.05, 0) is 67.5 Å². The SMILES string of the molecule is CN(Cc1ccc(C(=O)N2CCCC3CCCCC32)cc1)C(=O)c1cccc(C#N)c1. The van der Waals surface area contributed by atoms with Gasteiger partial charge in [0.2, 0.25) is 0 Å². The zero-order valence-electron chi connectivity index (χ0n) is 18.1. The van der Waals surface area contributed by atoms with Crippen LogP contribution in [0.25, 0.3) is 0 Å². The molecular formula is C26H29N3O2. The van der Waals surface area contributed by atoms with E-state index in [2.05, 4.69) is 11.0 Å². The summed E-state index contributed by atoms with van der Waals surface area (Å²) in [6, 6.07) is 16.9. The average Bonchev–Trinajstić information content (AvgIpc) is 2.83. The number of likely N-dealkylation sites (tertiary alicyclic amines) is 1. The van der Waals surface area contributed by atoms with E-state index in [1.54, 1.807) is 36.2 Å². The molecule has 4 rings (SSSR count). The Morgan fingerprint density at radius 3 is 2.55 bits per heavy atom. The largest absolute Gasteiger partial charge is 0.337 e. The van der Waals surface area contributed by atoms with Crippen molar-refractivity contribution in [3.63, 3.8) is 0 Å². The number of carbonyl (C=O) groups excluding carboxylic acids is 2. The molecule has 2 unspecified atom stereocenters. The van der Waals surface area contributed by atoms with E-state index in [0.29, 0.717) is 29.6 Å². The third-order valence-electron chi connectivity index (χ3n) is 6.71. The lowest BCUT2D eigenvalue weighted by molar-refractivity contribution is 0.0390. The molecule has 31 heavy (non-hydrogen) atoms. The summed E-state index contributed by atoms with van der Waals surface area (Å²) in [7, 11) is 1.75. The minimum absolute atomic E-state index is 0.131. The Morgan fingerprint density at radius 2 is 1.77 bits per heavy atom. The third-order valence-corrected chi connectivity index (χ3v) is 6.71. The van der Waals surface area contributed by atoms with Crippen LogP contribution in [0, 0.1) is 17.2 Å². The molecule has 1 saturated heterocycles. The molecular weight excluding hydrogens is 386 g/mol. The van der Waals surface area contributed by atoms with Gasteiger partial charge >= 0.3 is 0 Å². The highest BCUT2D eigenvalue weighted by Gasteiger charge is 2.35. The van der Waals surface area contributed by atoms with Gasteiger partial charge in [0.25, 0.3) is 11.8 Å². The van der Waals surface area contributed by atoms with Gasteiger partial charge in [-0.25, -0.2) is 0 Å². The van der Waals surface area contributed by atoms with Crippen LogP contribution in [-0.2, 0) is 6.54 Å². The zero-order valence-corrected chi connectivity index (χ0v) is 18.1. The summed E-state index contributed by atoms with van der Waals surface area (Å²) in [5, 5.41) is 9.04. The van der Waals surface area contributed by atoms with Crippen molar-refractivity contribution in [1.82, 2.24) is 9.80 Å². The molecule has 1 saturated carbocycles. The maximum absolute atomic E-state index is 13.2. The molecule has 0 bridgehead atoms. The van der Waals surface area contributed by atoms with Gasteiger partial charge in [0.05, 0.1) is 11.6 Å². The van der Waals surface area contributed by atoms with Crippen molar-refractivity contribution in [3.05, 3.63) is 70.8 Å². The molecule has 2 aromatic carbocycles. The minimum Gasteiger partial charge on any atom is -0.337 e. The lowest BCUT2D eigenvalue weighted by Gasteiger charge is -2.44. The molecule has 1 aliphatic heterocycles. The monoisotopic (exact) mass is 415 g/mol. The maximum Gasteiger partial charge on any atom is 0.254 e. The van der Waals surface area contributed by atoms with Gasteiger partial charge < -0.3 is 9.80 Å². The summed E-state index contributed by atoms with van der Waals surface area (Å²) in [6.07, 6.45) is 7.27. The number of benzene rings is 2. The quantitative estimate of drug-likeness (QED) is 0.732. The smallest absolute Gasteiger partial charge is 0.254 e. The lowest BCUT2D eigenvalue weighted by atomic mass is 9.78. The van der Waals surface area contributed by atoms with Crippen molar-refractivity contribution in [1.29, 1.82) is 5.26 Å². The summed E-state index contributed by atoms with van der Waals surface area (Å²) >= 11 is 0. The number of nitriles is 1. The van der Waals surface area contributed by atoms with Crippen molar-refractivity contribution < 1.29 is 9.59 Å². The first kappa shape index (κ1) is 21.1. The highest BCUT2D eigenvalue weighted by Crippen LogP contribution is 2.35. The number of fused-ring (bicyclic) bond motifs is 1. The normalized spacial score (nSPS) is 20.5. The predicted molar refractivity (Wildman–Crippen MR) is 119 cm³/mol. The van der Waals surface area contributed by atoms with Gasteiger partial charge in [0.1, 0.15) is 0 Å². The Balaban J connectivity index is 1.41. The van der Waals surface area contributed by atoms with E-state index >= 15 is 0 Å². The molecule has 160 valence electrons. The van der Waals surface area contributed by atoms with Crippen LogP contribution < -0.4 is 0 Å².